The fraction of sp³-hybridized carbons (Fsp3) is 0.417. The Kier molecular flexibility index (Phi) is 8.37. The molecule has 0 fully saturated rings. The highest BCUT2D eigenvalue weighted by molar-refractivity contribution is 7.92. The van der Waals surface area contributed by atoms with Crippen LogP contribution in [0.1, 0.15) is 43.2 Å². The molecule has 2 aromatic carbocycles. The van der Waals surface area contributed by atoms with Crippen LogP contribution in [0.4, 0.5) is 5.69 Å². The fourth-order valence-electron chi connectivity index (χ4n) is 3.89. The van der Waals surface area contributed by atoms with Crippen LogP contribution in [0.2, 0.25) is 5.02 Å². The highest BCUT2D eigenvalue weighted by Crippen LogP contribution is 2.33. The van der Waals surface area contributed by atoms with E-state index >= 15 is 0 Å². The number of hydrogen-bond acceptors (Lipinski definition) is 3. The van der Waals surface area contributed by atoms with E-state index in [0.717, 1.165) is 50.0 Å². The minimum atomic E-state index is -3.58. The number of aryl methyl sites for hydroxylation is 2. The number of sulfonamides is 1. The molecule has 0 bridgehead atoms. The Labute approximate surface area is 186 Å². The quantitative estimate of drug-likeness (QED) is 0.373. The standard InChI is InChI=1S/C24H31ClN2O2S/c1-2-16-26-17-6-4-3-5-8-20-10-15-24-21(19-20)9-7-18-27(24)30(28,29)23-13-11-22(25)12-14-23/h2,10-15,19,26H,1,3-9,16-18H2. The number of hydrogen-bond donors (Lipinski definition) is 1. The van der Waals surface area contributed by atoms with Crippen molar-refractivity contribution in [1.82, 2.24) is 5.32 Å². The molecule has 0 saturated heterocycles. The predicted octanol–water partition coefficient (Wildman–Crippen LogP) is 5.36. The van der Waals surface area contributed by atoms with Gasteiger partial charge in [0.05, 0.1) is 10.6 Å². The van der Waals surface area contributed by atoms with Crippen LogP contribution in [0.25, 0.3) is 0 Å². The summed E-state index contributed by atoms with van der Waals surface area (Å²) in [5.74, 6) is 0. The van der Waals surface area contributed by atoms with Gasteiger partial charge >= 0.3 is 0 Å². The number of anilines is 1. The lowest BCUT2D eigenvalue weighted by atomic mass is 9.98. The Morgan fingerprint density at radius 1 is 1.07 bits per heavy atom. The molecule has 1 heterocycles. The van der Waals surface area contributed by atoms with Gasteiger partial charge in [-0.15, -0.1) is 6.58 Å². The van der Waals surface area contributed by atoms with Crippen molar-refractivity contribution in [2.75, 3.05) is 23.9 Å². The Morgan fingerprint density at radius 3 is 2.60 bits per heavy atom. The average molecular weight is 447 g/mol. The van der Waals surface area contributed by atoms with Crippen molar-refractivity contribution in [1.29, 1.82) is 0 Å². The zero-order valence-corrected chi connectivity index (χ0v) is 19.0. The van der Waals surface area contributed by atoms with E-state index in [9.17, 15) is 8.42 Å². The van der Waals surface area contributed by atoms with E-state index < -0.39 is 10.0 Å². The molecule has 1 aliphatic rings. The molecule has 0 radical (unpaired) electrons. The molecule has 3 rings (SSSR count). The smallest absolute Gasteiger partial charge is 0.264 e. The van der Waals surface area contributed by atoms with Gasteiger partial charge in [0.25, 0.3) is 10.0 Å². The predicted molar refractivity (Wildman–Crippen MR) is 126 cm³/mol. The van der Waals surface area contributed by atoms with Crippen LogP contribution >= 0.6 is 11.6 Å². The minimum absolute atomic E-state index is 0.284. The minimum Gasteiger partial charge on any atom is -0.313 e. The van der Waals surface area contributed by atoms with Gasteiger partial charge in [0, 0.05) is 18.1 Å². The normalized spacial score (nSPS) is 13.8. The number of unbranched alkanes of at least 4 members (excludes halogenated alkanes) is 3. The van der Waals surface area contributed by atoms with Crippen molar-refractivity contribution in [3.63, 3.8) is 0 Å². The van der Waals surface area contributed by atoms with Crippen molar-refractivity contribution in [2.24, 2.45) is 0 Å². The maximum atomic E-state index is 13.2. The Hall–Kier alpha value is -1.82. The lowest BCUT2D eigenvalue weighted by Gasteiger charge is -2.31. The van der Waals surface area contributed by atoms with Crippen LogP contribution in [0.15, 0.2) is 60.0 Å². The third kappa shape index (κ3) is 5.87. The molecule has 0 amide bonds. The monoisotopic (exact) mass is 446 g/mol. The summed E-state index contributed by atoms with van der Waals surface area (Å²) < 4.78 is 27.9. The molecule has 1 aliphatic heterocycles. The molecule has 0 aliphatic carbocycles. The Balaban J connectivity index is 1.60. The SMILES string of the molecule is C=CCNCCCCCCc1ccc2c(c1)CCCN2S(=O)(=O)c1ccc(Cl)cc1. The van der Waals surface area contributed by atoms with E-state index in [1.807, 2.05) is 12.1 Å². The summed E-state index contributed by atoms with van der Waals surface area (Å²) in [6.07, 6.45) is 9.47. The molecular formula is C24H31ClN2O2S. The average Bonchev–Trinajstić information content (AvgIpc) is 2.75. The van der Waals surface area contributed by atoms with E-state index in [2.05, 4.69) is 24.0 Å². The van der Waals surface area contributed by atoms with Gasteiger partial charge in [0.1, 0.15) is 0 Å². The molecular weight excluding hydrogens is 416 g/mol. The summed E-state index contributed by atoms with van der Waals surface area (Å²) >= 11 is 5.92. The van der Waals surface area contributed by atoms with E-state index in [-0.39, 0.29) is 4.90 Å². The lowest BCUT2D eigenvalue weighted by Crippen LogP contribution is -2.35. The Morgan fingerprint density at radius 2 is 1.83 bits per heavy atom. The van der Waals surface area contributed by atoms with Crippen molar-refractivity contribution in [3.05, 3.63) is 71.3 Å². The molecule has 6 heteroatoms. The van der Waals surface area contributed by atoms with E-state index in [0.29, 0.717) is 11.6 Å². The van der Waals surface area contributed by atoms with E-state index in [1.54, 1.807) is 28.6 Å². The highest BCUT2D eigenvalue weighted by Gasteiger charge is 2.29. The van der Waals surface area contributed by atoms with Crippen LogP contribution in [0.5, 0.6) is 0 Å². The van der Waals surface area contributed by atoms with Gasteiger partial charge in [0.15, 0.2) is 0 Å². The number of fused-ring (bicyclic) bond motifs is 1. The second kappa shape index (κ2) is 11.0. The highest BCUT2D eigenvalue weighted by atomic mass is 35.5. The fourth-order valence-corrected chi connectivity index (χ4v) is 5.56. The zero-order valence-electron chi connectivity index (χ0n) is 17.4. The maximum Gasteiger partial charge on any atom is 0.264 e. The van der Waals surface area contributed by atoms with Crippen molar-refractivity contribution in [3.8, 4) is 0 Å². The van der Waals surface area contributed by atoms with Gasteiger partial charge in [-0.05, 0) is 80.1 Å². The van der Waals surface area contributed by atoms with Crippen LogP contribution in [-0.2, 0) is 22.9 Å². The van der Waals surface area contributed by atoms with Gasteiger partial charge in [-0.3, -0.25) is 4.31 Å². The summed E-state index contributed by atoms with van der Waals surface area (Å²) in [5.41, 5.74) is 3.24. The molecule has 0 unspecified atom stereocenters. The third-order valence-corrected chi connectivity index (χ3v) is 7.56. The van der Waals surface area contributed by atoms with Gasteiger partial charge < -0.3 is 5.32 Å². The van der Waals surface area contributed by atoms with Crippen molar-refractivity contribution < 1.29 is 8.42 Å². The number of benzene rings is 2. The molecule has 30 heavy (non-hydrogen) atoms. The first-order valence-corrected chi connectivity index (χ1v) is 12.6. The summed E-state index contributed by atoms with van der Waals surface area (Å²) in [6.45, 7) is 6.14. The molecule has 4 nitrogen and oxygen atoms in total. The van der Waals surface area contributed by atoms with Crippen LogP contribution in [-0.4, -0.2) is 28.1 Å². The molecule has 0 atom stereocenters. The molecule has 0 saturated carbocycles. The maximum absolute atomic E-state index is 13.2. The van der Waals surface area contributed by atoms with Crippen LogP contribution in [0, 0.1) is 0 Å². The number of rotatable bonds is 11. The lowest BCUT2D eigenvalue weighted by molar-refractivity contribution is 0.586. The molecule has 0 aromatic heterocycles. The first-order chi connectivity index (χ1) is 14.5. The second-order valence-electron chi connectivity index (χ2n) is 7.75. The van der Waals surface area contributed by atoms with E-state index in [1.165, 1.54) is 24.8 Å². The number of halogens is 1. The van der Waals surface area contributed by atoms with Gasteiger partial charge in [-0.25, -0.2) is 8.42 Å². The van der Waals surface area contributed by atoms with Crippen LogP contribution in [0.3, 0.4) is 0 Å². The first-order valence-electron chi connectivity index (χ1n) is 10.7. The zero-order chi connectivity index (χ0) is 21.4. The summed E-state index contributed by atoms with van der Waals surface area (Å²) in [4.78, 5) is 0.284. The molecule has 2 aromatic rings. The van der Waals surface area contributed by atoms with Gasteiger partial charge in [-0.2, -0.15) is 0 Å². The Bertz CT molecular complexity index is 942. The molecule has 1 N–H and O–H groups in total. The number of nitrogens with one attached hydrogen (secondary N) is 1. The largest absolute Gasteiger partial charge is 0.313 e. The first kappa shape index (κ1) is 22.9. The third-order valence-electron chi connectivity index (χ3n) is 5.48. The number of nitrogens with zero attached hydrogens (tertiary/aromatic N) is 1. The van der Waals surface area contributed by atoms with E-state index in [4.69, 9.17) is 11.6 Å². The van der Waals surface area contributed by atoms with Gasteiger partial charge in [0.2, 0.25) is 0 Å². The molecule has 162 valence electrons. The summed E-state index contributed by atoms with van der Waals surface area (Å²) in [5, 5.41) is 3.86. The topological polar surface area (TPSA) is 49.4 Å². The van der Waals surface area contributed by atoms with Crippen molar-refractivity contribution in [2.45, 2.75) is 49.8 Å². The van der Waals surface area contributed by atoms with Crippen molar-refractivity contribution >= 4 is 27.3 Å². The van der Waals surface area contributed by atoms with Gasteiger partial charge in [-0.1, -0.05) is 42.7 Å². The summed E-state index contributed by atoms with van der Waals surface area (Å²) in [7, 11) is -3.58. The summed E-state index contributed by atoms with van der Waals surface area (Å²) in [6, 6.07) is 12.7. The van der Waals surface area contributed by atoms with Crippen LogP contribution < -0.4 is 9.62 Å². The second-order valence-corrected chi connectivity index (χ2v) is 10.1. The molecule has 0 spiro atoms.